The van der Waals surface area contributed by atoms with Crippen LogP contribution in [0.15, 0.2) is 45.8 Å². The lowest BCUT2D eigenvalue weighted by molar-refractivity contribution is 0.0732. The molecule has 19 heavy (non-hydrogen) atoms. The Bertz CT molecular complexity index is 679. The van der Waals surface area contributed by atoms with Gasteiger partial charge in [-0.3, -0.25) is 4.79 Å². The number of carbonyl (C=O) groups is 1. The van der Waals surface area contributed by atoms with Gasteiger partial charge in [-0.2, -0.15) is 0 Å². The van der Waals surface area contributed by atoms with Crippen molar-refractivity contribution in [2.24, 2.45) is 7.05 Å². The molecule has 0 aliphatic rings. The summed E-state index contributed by atoms with van der Waals surface area (Å²) >= 11 is 3.19. The fourth-order valence-corrected chi connectivity index (χ4v) is 2.02. The number of halogens is 2. The molecular weight excluding hydrogens is 317 g/mol. The molecule has 0 saturated heterocycles. The van der Waals surface area contributed by atoms with Gasteiger partial charge in [0.05, 0.1) is 0 Å². The van der Waals surface area contributed by atoms with Crippen LogP contribution in [0.25, 0.3) is 0 Å². The number of aromatic nitrogens is 1. The average Bonchev–Trinajstić information content (AvgIpc) is 2.36. The van der Waals surface area contributed by atoms with Crippen LogP contribution in [-0.2, 0) is 7.05 Å². The normalized spacial score (nSPS) is 10.3. The van der Waals surface area contributed by atoms with Crippen molar-refractivity contribution in [2.75, 3.05) is 0 Å². The Morgan fingerprint density at radius 2 is 1.95 bits per heavy atom. The van der Waals surface area contributed by atoms with E-state index in [0.29, 0.717) is 4.47 Å². The fraction of sp³-hybridized carbons (Fsp3) is 0.0769. The highest BCUT2D eigenvalue weighted by Crippen LogP contribution is 2.14. The summed E-state index contributed by atoms with van der Waals surface area (Å²) in [5.41, 5.74) is -0.559. The van der Waals surface area contributed by atoms with E-state index in [1.807, 2.05) is 0 Å². The zero-order chi connectivity index (χ0) is 14.0. The highest BCUT2D eigenvalue weighted by atomic mass is 79.9. The summed E-state index contributed by atoms with van der Waals surface area (Å²) in [6, 6.07) is 6.35. The van der Waals surface area contributed by atoms with E-state index in [2.05, 4.69) is 15.9 Å². The van der Waals surface area contributed by atoms with Crippen molar-refractivity contribution in [3.8, 4) is 5.75 Å². The number of pyridine rings is 1. The van der Waals surface area contributed by atoms with Gasteiger partial charge >= 0.3 is 5.97 Å². The van der Waals surface area contributed by atoms with Gasteiger partial charge in [0.1, 0.15) is 17.1 Å². The van der Waals surface area contributed by atoms with E-state index in [-0.39, 0.29) is 11.3 Å². The molecule has 2 rings (SSSR count). The zero-order valence-corrected chi connectivity index (χ0v) is 11.5. The average molecular weight is 326 g/mol. The SMILES string of the molecule is Cn1cc(Br)cc(C(=O)Oc2ccc(F)cc2)c1=O. The fourth-order valence-electron chi connectivity index (χ4n) is 1.48. The third kappa shape index (κ3) is 3.08. The Balaban J connectivity index is 2.30. The molecule has 0 spiro atoms. The molecule has 0 aliphatic carbocycles. The van der Waals surface area contributed by atoms with Gasteiger partial charge in [-0.05, 0) is 46.3 Å². The summed E-state index contributed by atoms with van der Waals surface area (Å²) in [5.74, 6) is -1.04. The second-order valence-electron chi connectivity index (χ2n) is 3.83. The van der Waals surface area contributed by atoms with Crippen LogP contribution in [-0.4, -0.2) is 10.5 Å². The lowest BCUT2D eigenvalue weighted by atomic mass is 10.3. The highest BCUT2D eigenvalue weighted by Gasteiger charge is 2.15. The van der Waals surface area contributed by atoms with Crippen LogP contribution in [0.4, 0.5) is 4.39 Å². The monoisotopic (exact) mass is 325 g/mol. The molecule has 1 heterocycles. The first-order valence-corrected chi connectivity index (χ1v) is 6.10. The number of aryl methyl sites for hydroxylation is 1. The van der Waals surface area contributed by atoms with E-state index >= 15 is 0 Å². The van der Waals surface area contributed by atoms with Crippen LogP contribution in [0, 0.1) is 5.82 Å². The van der Waals surface area contributed by atoms with Crippen molar-refractivity contribution < 1.29 is 13.9 Å². The van der Waals surface area contributed by atoms with E-state index in [0.717, 1.165) is 0 Å². The minimum atomic E-state index is -0.784. The molecule has 1 aromatic carbocycles. The third-order valence-electron chi connectivity index (χ3n) is 2.39. The van der Waals surface area contributed by atoms with Gasteiger partial charge in [0, 0.05) is 17.7 Å². The number of rotatable bonds is 2. The summed E-state index contributed by atoms with van der Waals surface area (Å²) in [7, 11) is 1.53. The van der Waals surface area contributed by atoms with Crippen LogP contribution in [0.5, 0.6) is 5.75 Å². The molecule has 4 nitrogen and oxygen atoms in total. The van der Waals surface area contributed by atoms with Crippen LogP contribution in [0.3, 0.4) is 0 Å². The molecule has 0 unspecified atom stereocenters. The van der Waals surface area contributed by atoms with Crippen molar-refractivity contribution in [3.63, 3.8) is 0 Å². The van der Waals surface area contributed by atoms with Gasteiger partial charge in [-0.1, -0.05) is 0 Å². The lowest BCUT2D eigenvalue weighted by Gasteiger charge is -2.06. The van der Waals surface area contributed by atoms with Crippen molar-refractivity contribution in [1.82, 2.24) is 4.57 Å². The van der Waals surface area contributed by atoms with Gasteiger partial charge in [0.25, 0.3) is 5.56 Å². The quantitative estimate of drug-likeness (QED) is 0.629. The maximum atomic E-state index is 12.7. The topological polar surface area (TPSA) is 48.3 Å². The Morgan fingerprint density at radius 3 is 2.58 bits per heavy atom. The number of hydrogen-bond donors (Lipinski definition) is 0. The molecule has 0 fully saturated rings. The van der Waals surface area contributed by atoms with Crippen molar-refractivity contribution in [2.45, 2.75) is 0 Å². The number of esters is 1. The number of benzene rings is 1. The first-order chi connectivity index (χ1) is 8.97. The van der Waals surface area contributed by atoms with Gasteiger partial charge in [-0.15, -0.1) is 0 Å². The van der Waals surface area contributed by atoms with Crippen LogP contribution >= 0.6 is 15.9 Å². The molecule has 0 N–H and O–H groups in total. The van der Waals surface area contributed by atoms with Crippen molar-refractivity contribution in [3.05, 3.63) is 62.7 Å². The Labute approximate surface area is 116 Å². The Morgan fingerprint density at radius 1 is 1.32 bits per heavy atom. The van der Waals surface area contributed by atoms with E-state index in [4.69, 9.17) is 4.74 Å². The van der Waals surface area contributed by atoms with Crippen LogP contribution in [0.1, 0.15) is 10.4 Å². The van der Waals surface area contributed by atoms with E-state index in [9.17, 15) is 14.0 Å². The first-order valence-electron chi connectivity index (χ1n) is 5.31. The third-order valence-corrected chi connectivity index (χ3v) is 2.83. The maximum Gasteiger partial charge on any atom is 0.349 e. The first kappa shape index (κ1) is 13.5. The molecule has 0 atom stereocenters. The molecule has 98 valence electrons. The molecule has 0 amide bonds. The summed E-state index contributed by atoms with van der Waals surface area (Å²) in [5, 5.41) is 0. The molecule has 6 heteroatoms. The second kappa shape index (κ2) is 5.36. The minimum absolute atomic E-state index is 0.0961. The van der Waals surface area contributed by atoms with Gasteiger partial charge in [0.2, 0.25) is 0 Å². The Kier molecular flexibility index (Phi) is 3.80. The smallest absolute Gasteiger partial charge is 0.349 e. The van der Waals surface area contributed by atoms with Crippen LogP contribution < -0.4 is 10.3 Å². The molecule has 2 aromatic rings. The summed E-state index contributed by atoms with van der Waals surface area (Å²) in [6.07, 6.45) is 1.54. The summed E-state index contributed by atoms with van der Waals surface area (Å²) in [6.45, 7) is 0. The second-order valence-corrected chi connectivity index (χ2v) is 4.75. The van der Waals surface area contributed by atoms with Crippen molar-refractivity contribution in [1.29, 1.82) is 0 Å². The molecule has 1 aromatic heterocycles. The maximum absolute atomic E-state index is 12.7. The number of hydrogen-bond acceptors (Lipinski definition) is 3. The zero-order valence-electron chi connectivity index (χ0n) is 9.89. The van der Waals surface area contributed by atoms with E-state index < -0.39 is 17.3 Å². The largest absolute Gasteiger partial charge is 0.423 e. The molecular formula is C13H9BrFNO3. The molecule has 0 radical (unpaired) electrons. The molecule has 0 aliphatic heterocycles. The molecule has 0 saturated carbocycles. The van der Waals surface area contributed by atoms with Crippen LogP contribution in [0.2, 0.25) is 0 Å². The molecule has 0 bridgehead atoms. The standard InChI is InChI=1S/C13H9BrFNO3/c1-16-7-8(14)6-11(12(16)17)13(18)19-10-4-2-9(15)3-5-10/h2-7H,1H3. The van der Waals surface area contributed by atoms with Gasteiger partial charge in [0.15, 0.2) is 0 Å². The highest BCUT2D eigenvalue weighted by molar-refractivity contribution is 9.10. The predicted octanol–water partition coefficient (Wildman–Crippen LogP) is 2.51. The number of ether oxygens (including phenoxy) is 1. The summed E-state index contributed by atoms with van der Waals surface area (Å²) < 4.78 is 19.6. The van der Waals surface area contributed by atoms with Crippen molar-refractivity contribution >= 4 is 21.9 Å². The van der Waals surface area contributed by atoms with Gasteiger partial charge < -0.3 is 9.30 Å². The minimum Gasteiger partial charge on any atom is -0.423 e. The van der Waals surface area contributed by atoms with E-state index in [1.54, 1.807) is 0 Å². The number of nitrogens with zero attached hydrogens (tertiary/aromatic N) is 1. The summed E-state index contributed by atoms with van der Waals surface area (Å²) in [4.78, 5) is 23.7. The predicted molar refractivity (Wildman–Crippen MR) is 70.7 cm³/mol. The van der Waals surface area contributed by atoms with Gasteiger partial charge in [-0.25, -0.2) is 9.18 Å². The number of carbonyl (C=O) groups excluding carboxylic acids is 1. The Hall–Kier alpha value is -1.95. The van der Waals surface area contributed by atoms with E-state index in [1.165, 1.54) is 48.1 Å². The lowest BCUT2D eigenvalue weighted by Crippen LogP contribution is -2.26.